The molecule has 1 aliphatic heterocycles. The first-order chi connectivity index (χ1) is 9.70. The van der Waals surface area contributed by atoms with Crippen molar-refractivity contribution in [2.24, 2.45) is 5.92 Å². The van der Waals surface area contributed by atoms with Crippen molar-refractivity contribution >= 4 is 5.69 Å². The summed E-state index contributed by atoms with van der Waals surface area (Å²) in [6.45, 7) is 5.55. The van der Waals surface area contributed by atoms with Gasteiger partial charge >= 0.3 is 0 Å². The van der Waals surface area contributed by atoms with E-state index in [0.717, 1.165) is 18.9 Å². The first-order valence-electron chi connectivity index (χ1n) is 7.72. The zero-order chi connectivity index (χ0) is 14.4. The van der Waals surface area contributed by atoms with E-state index < -0.39 is 0 Å². The molecule has 1 aliphatic rings. The number of nitrogens with zero attached hydrogens (tertiary/aromatic N) is 1. The van der Waals surface area contributed by atoms with E-state index in [4.69, 9.17) is 4.74 Å². The smallest absolute Gasteiger partial charge is 0.0503 e. The van der Waals surface area contributed by atoms with Gasteiger partial charge in [-0.3, -0.25) is 0 Å². The Bertz CT molecular complexity index is 400. The molecular formula is C17H28N2O. The minimum Gasteiger partial charge on any atom is -0.384 e. The summed E-state index contributed by atoms with van der Waals surface area (Å²) in [5.41, 5.74) is 2.63. The molecule has 0 aliphatic carbocycles. The maximum Gasteiger partial charge on any atom is 0.0503 e. The van der Waals surface area contributed by atoms with Gasteiger partial charge in [-0.15, -0.1) is 0 Å². The fourth-order valence-electron chi connectivity index (χ4n) is 2.98. The van der Waals surface area contributed by atoms with Crippen molar-refractivity contribution in [3.05, 3.63) is 29.8 Å². The average Bonchev–Trinajstić information content (AvgIpc) is 2.47. The number of para-hydroxylation sites is 1. The summed E-state index contributed by atoms with van der Waals surface area (Å²) in [5.74, 6) is 0.779. The van der Waals surface area contributed by atoms with Crippen molar-refractivity contribution in [1.82, 2.24) is 4.90 Å². The molecule has 0 aromatic heterocycles. The Balaban J connectivity index is 1.94. The van der Waals surface area contributed by atoms with E-state index in [1.807, 2.05) is 0 Å². The molecule has 0 spiro atoms. The number of anilines is 1. The largest absolute Gasteiger partial charge is 0.384 e. The third-order valence-electron chi connectivity index (χ3n) is 4.45. The van der Waals surface area contributed by atoms with Crippen LogP contribution in [0.1, 0.15) is 25.3 Å². The van der Waals surface area contributed by atoms with Gasteiger partial charge < -0.3 is 15.0 Å². The van der Waals surface area contributed by atoms with Crippen LogP contribution in [0.2, 0.25) is 0 Å². The third kappa shape index (κ3) is 4.22. The molecule has 3 nitrogen and oxygen atoms in total. The molecule has 0 radical (unpaired) electrons. The van der Waals surface area contributed by atoms with Gasteiger partial charge in [0.25, 0.3) is 0 Å². The van der Waals surface area contributed by atoms with Gasteiger partial charge in [0, 0.05) is 18.8 Å². The quantitative estimate of drug-likeness (QED) is 0.864. The van der Waals surface area contributed by atoms with Gasteiger partial charge in [0.2, 0.25) is 0 Å². The summed E-state index contributed by atoms with van der Waals surface area (Å²) in [6.07, 6.45) is 3.57. The van der Waals surface area contributed by atoms with Crippen molar-refractivity contribution in [2.45, 2.75) is 32.2 Å². The highest BCUT2D eigenvalue weighted by molar-refractivity contribution is 5.51. The van der Waals surface area contributed by atoms with Crippen LogP contribution in [0.25, 0.3) is 0 Å². The van der Waals surface area contributed by atoms with Gasteiger partial charge in [0.15, 0.2) is 0 Å². The number of hydrogen-bond acceptors (Lipinski definition) is 3. The lowest BCUT2D eigenvalue weighted by Gasteiger charge is -2.33. The first-order valence-corrected chi connectivity index (χ1v) is 7.72. The number of nitrogens with one attached hydrogen (secondary N) is 1. The third-order valence-corrected chi connectivity index (χ3v) is 4.45. The van der Waals surface area contributed by atoms with E-state index in [1.165, 1.54) is 37.2 Å². The number of methoxy groups -OCH3 is 1. The second kappa shape index (κ2) is 7.65. The number of ether oxygens (including phenoxy) is 1. The van der Waals surface area contributed by atoms with Gasteiger partial charge in [-0.2, -0.15) is 0 Å². The Morgan fingerprint density at radius 1 is 1.30 bits per heavy atom. The minimum absolute atomic E-state index is 0.535. The van der Waals surface area contributed by atoms with E-state index in [-0.39, 0.29) is 0 Å². The number of rotatable bonds is 6. The first kappa shape index (κ1) is 15.3. The lowest BCUT2D eigenvalue weighted by Crippen LogP contribution is -2.37. The Labute approximate surface area is 123 Å². The van der Waals surface area contributed by atoms with Crippen molar-refractivity contribution in [3.63, 3.8) is 0 Å². The van der Waals surface area contributed by atoms with Gasteiger partial charge in [-0.05, 0) is 63.9 Å². The van der Waals surface area contributed by atoms with E-state index in [0.29, 0.717) is 6.04 Å². The monoisotopic (exact) mass is 276 g/mol. The van der Waals surface area contributed by atoms with Gasteiger partial charge in [0.05, 0.1) is 6.61 Å². The predicted octanol–water partition coefficient (Wildman–Crippen LogP) is 3.02. The van der Waals surface area contributed by atoms with Crippen LogP contribution >= 0.6 is 0 Å². The lowest BCUT2D eigenvalue weighted by molar-refractivity contribution is 0.202. The molecular weight excluding hydrogens is 248 g/mol. The highest BCUT2D eigenvalue weighted by Crippen LogP contribution is 2.24. The highest BCUT2D eigenvalue weighted by Gasteiger charge is 2.22. The van der Waals surface area contributed by atoms with Crippen LogP contribution in [0.3, 0.4) is 0 Å². The number of hydrogen-bond donors (Lipinski definition) is 1. The average molecular weight is 276 g/mol. The molecule has 0 saturated carbocycles. The summed E-state index contributed by atoms with van der Waals surface area (Å²) >= 11 is 0. The molecule has 0 amide bonds. The van der Waals surface area contributed by atoms with Crippen LogP contribution < -0.4 is 5.32 Å². The van der Waals surface area contributed by atoms with Crippen LogP contribution in [0.5, 0.6) is 0 Å². The molecule has 2 rings (SSSR count). The summed E-state index contributed by atoms with van der Waals surface area (Å²) in [5, 5.41) is 3.73. The van der Waals surface area contributed by atoms with Crippen LogP contribution in [0.4, 0.5) is 5.69 Å². The molecule has 1 fully saturated rings. The van der Waals surface area contributed by atoms with Gasteiger partial charge in [0.1, 0.15) is 0 Å². The Morgan fingerprint density at radius 2 is 2.00 bits per heavy atom. The molecule has 1 saturated heterocycles. The Kier molecular flexibility index (Phi) is 5.86. The van der Waals surface area contributed by atoms with Crippen molar-refractivity contribution in [2.75, 3.05) is 39.2 Å². The molecule has 1 heterocycles. The number of piperidine rings is 1. The fourth-order valence-corrected chi connectivity index (χ4v) is 2.98. The zero-order valence-corrected chi connectivity index (χ0v) is 13.1. The molecule has 1 aromatic carbocycles. The molecule has 3 heteroatoms. The summed E-state index contributed by atoms with van der Waals surface area (Å²) in [4.78, 5) is 2.43. The van der Waals surface area contributed by atoms with Crippen LogP contribution in [0.15, 0.2) is 24.3 Å². The number of benzene rings is 1. The summed E-state index contributed by atoms with van der Waals surface area (Å²) in [7, 11) is 3.98. The van der Waals surface area contributed by atoms with Crippen LogP contribution in [-0.4, -0.2) is 44.8 Å². The Hall–Kier alpha value is -1.06. The molecule has 112 valence electrons. The normalized spacial score (nSPS) is 18.9. The van der Waals surface area contributed by atoms with Crippen molar-refractivity contribution in [3.8, 4) is 0 Å². The number of likely N-dealkylation sites (tertiary alicyclic amines) is 1. The van der Waals surface area contributed by atoms with E-state index in [9.17, 15) is 0 Å². The molecule has 1 N–H and O–H groups in total. The predicted molar refractivity (Wildman–Crippen MR) is 85.3 cm³/mol. The molecule has 1 unspecified atom stereocenters. The standard InChI is InChI=1S/C17H28N2O/c1-14(15-8-11-19(2)12-9-15)18-17-7-5-4-6-16(17)10-13-20-3/h4-7,14-15,18H,8-13H2,1-3H3. The van der Waals surface area contributed by atoms with Gasteiger partial charge in [-0.25, -0.2) is 0 Å². The zero-order valence-electron chi connectivity index (χ0n) is 13.1. The van der Waals surface area contributed by atoms with Crippen LogP contribution in [0, 0.1) is 5.92 Å². The molecule has 20 heavy (non-hydrogen) atoms. The molecule has 0 bridgehead atoms. The fraction of sp³-hybridized carbons (Fsp3) is 0.647. The van der Waals surface area contributed by atoms with E-state index in [1.54, 1.807) is 7.11 Å². The van der Waals surface area contributed by atoms with E-state index >= 15 is 0 Å². The maximum absolute atomic E-state index is 5.20. The van der Waals surface area contributed by atoms with Gasteiger partial charge in [-0.1, -0.05) is 18.2 Å². The lowest BCUT2D eigenvalue weighted by atomic mass is 9.90. The second-order valence-corrected chi connectivity index (χ2v) is 5.97. The topological polar surface area (TPSA) is 24.5 Å². The minimum atomic E-state index is 0.535. The molecule has 1 atom stereocenters. The van der Waals surface area contributed by atoms with Crippen molar-refractivity contribution in [1.29, 1.82) is 0 Å². The summed E-state index contributed by atoms with van der Waals surface area (Å²) < 4.78 is 5.20. The Morgan fingerprint density at radius 3 is 2.70 bits per heavy atom. The summed E-state index contributed by atoms with van der Waals surface area (Å²) in [6, 6.07) is 9.14. The second-order valence-electron chi connectivity index (χ2n) is 5.97. The van der Waals surface area contributed by atoms with E-state index in [2.05, 4.69) is 48.5 Å². The molecule has 1 aromatic rings. The van der Waals surface area contributed by atoms with Crippen LogP contribution in [-0.2, 0) is 11.2 Å². The van der Waals surface area contributed by atoms with Crippen molar-refractivity contribution < 1.29 is 4.74 Å². The highest BCUT2D eigenvalue weighted by atomic mass is 16.5. The SMILES string of the molecule is COCCc1ccccc1NC(C)C1CCN(C)CC1. The maximum atomic E-state index is 5.20.